The predicted molar refractivity (Wildman–Crippen MR) is 493 cm³/mol. The number of hydrogen-bond donors (Lipinski definition) is 0. The Hall–Kier alpha value is 2.02. The first-order valence-corrected chi connectivity index (χ1v) is 54.4. The number of unbranched alkanes of at least 4 members (excludes halogenated alkanes) is 76. The monoisotopic (exact) mass is 1570 g/mol. The summed E-state index contributed by atoms with van der Waals surface area (Å²) in [7, 11) is 0. The zero-order chi connectivity index (χ0) is 72.5. The van der Waals surface area contributed by atoms with E-state index in [4.69, 9.17) is 0 Å². The van der Waals surface area contributed by atoms with Crippen LogP contribution in [-0.4, -0.2) is 23.0 Å². The lowest BCUT2D eigenvalue weighted by atomic mass is 10.0. The van der Waals surface area contributed by atoms with E-state index in [1.165, 1.54) is 537 Å². The van der Waals surface area contributed by atoms with Crippen LogP contribution in [0.5, 0.6) is 0 Å². The van der Waals surface area contributed by atoms with E-state index in [1.54, 1.807) is 25.4 Å². The molecule has 0 saturated heterocycles. The van der Waals surface area contributed by atoms with E-state index >= 15 is 0 Å². The van der Waals surface area contributed by atoms with Crippen LogP contribution in [-0.2, 0) is 0 Å². The van der Waals surface area contributed by atoms with Gasteiger partial charge in [-0.05, 0) is 48.7 Å². The zero-order valence-electron chi connectivity index (χ0n) is 69.7. The van der Waals surface area contributed by atoms with Gasteiger partial charge in [-0.2, -0.15) is 0 Å². The minimum Gasteiger partial charge on any atom is -0.117 e. The molecular weight excluding hydrogens is 1390 g/mol. The summed E-state index contributed by atoms with van der Waals surface area (Å²) in [5.41, 5.74) is 0. The van der Waals surface area contributed by atoms with Crippen molar-refractivity contribution in [3.63, 3.8) is 0 Å². The van der Waals surface area contributed by atoms with Crippen LogP contribution in [0.25, 0.3) is 0 Å². The van der Waals surface area contributed by atoms with E-state index in [0.29, 0.717) is 0 Å². The third kappa shape index (κ3) is 69.9. The smallest absolute Gasteiger partial charge is 0.0717 e. The number of rotatable bonds is 88. The first-order valence-electron chi connectivity index (χ1n) is 47.2. The Morgan fingerprint density at radius 3 is 0.314 bits per heavy atom. The fourth-order valence-corrected chi connectivity index (χ4v) is 27.4. The molecule has 2 aliphatic heterocycles. The van der Waals surface area contributed by atoms with E-state index in [9.17, 15) is 0 Å². The molecule has 0 aromatic rings. The van der Waals surface area contributed by atoms with Gasteiger partial charge in [0.25, 0.3) is 0 Å². The molecule has 0 fully saturated rings. The minimum absolute atomic E-state index is 1.30. The highest BCUT2D eigenvalue weighted by Crippen LogP contribution is 2.66. The summed E-state index contributed by atoms with van der Waals surface area (Å²) >= 11 is 17.7. The third-order valence-electron chi connectivity index (χ3n) is 22.2. The first-order chi connectivity index (χ1) is 50.7. The van der Waals surface area contributed by atoms with Gasteiger partial charge in [0.05, 0.1) is 25.4 Å². The minimum atomic E-state index is 1.30. The molecule has 2 rings (SSSR count). The van der Waals surface area contributed by atoms with Crippen molar-refractivity contribution in [3.05, 3.63) is 25.4 Å². The molecule has 2 heterocycles. The van der Waals surface area contributed by atoms with Crippen molar-refractivity contribution in [1.82, 2.24) is 0 Å². The molecule has 0 atom stereocenters. The normalized spacial score (nSPS) is 13.5. The summed E-state index contributed by atoms with van der Waals surface area (Å²) in [4.78, 5) is 0. The lowest BCUT2D eigenvalue weighted by Crippen LogP contribution is -1.86. The molecule has 0 bridgehead atoms. The summed E-state index contributed by atoms with van der Waals surface area (Å²) in [5, 5.41) is 0. The quantitative estimate of drug-likeness (QED) is 0.0546. The van der Waals surface area contributed by atoms with E-state index in [2.05, 4.69) is 122 Å². The van der Waals surface area contributed by atoms with E-state index in [1.807, 2.05) is 0 Å². The molecule has 0 aliphatic carbocycles. The van der Waals surface area contributed by atoms with Gasteiger partial charge in [-0.1, -0.05) is 563 Å². The fourth-order valence-electron chi connectivity index (χ4n) is 15.2. The summed E-state index contributed by atoms with van der Waals surface area (Å²) in [6.45, 7) is 9.31. The van der Waals surface area contributed by atoms with Gasteiger partial charge >= 0.3 is 0 Å². The van der Waals surface area contributed by atoms with E-state index < -0.39 is 0 Å². The van der Waals surface area contributed by atoms with Crippen LogP contribution in [0.15, 0.2) is 25.4 Å². The second-order valence-corrected chi connectivity index (χ2v) is 42.5. The molecule has 0 saturated carbocycles. The Balaban J connectivity index is 1.84. The highest BCUT2D eigenvalue weighted by Gasteiger charge is 2.31. The molecule has 0 aromatic carbocycles. The molecule has 0 aromatic heterocycles. The van der Waals surface area contributed by atoms with Gasteiger partial charge in [-0.3, -0.25) is 0 Å². The molecular formula is C94H180S8. The third-order valence-corrected chi connectivity index (χ3v) is 34.1. The van der Waals surface area contributed by atoms with Gasteiger partial charge in [-0.25, -0.2) is 0 Å². The molecule has 0 nitrogen and oxygen atoms in total. The van der Waals surface area contributed by atoms with Crippen LogP contribution < -0.4 is 0 Å². The predicted octanol–water partition coefficient (Wildman–Crippen LogP) is 39.5. The number of thioether (sulfide) groups is 8. The summed E-state index contributed by atoms with van der Waals surface area (Å²) in [6, 6.07) is 0. The van der Waals surface area contributed by atoms with Crippen LogP contribution in [0.3, 0.4) is 0 Å². The van der Waals surface area contributed by atoms with Crippen molar-refractivity contribution >= 4 is 94.1 Å². The maximum absolute atomic E-state index is 2.33. The molecule has 0 radical (unpaired) electrons. The Kier molecular flexibility index (Phi) is 83.9. The molecule has 0 unspecified atom stereocenters. The van der Waals surface area contributed by atoms with Gasteiger partial charge in [0.1, 0.15) is 0 Å². The van der Waals surface area contributed by atoms with Crippen molar-refractivity contribution in [2.24, 2.45) is 0 Å². The first kappa shape index (κ1) is 100. The molecule has 0 spiro atoms. The maximum Gasteiger partial charge on any atom is 0.0717 e. The lowest BCUT2D eigenvalue weighted by Gasteiger charge is -2.06. The van der Waals surface area contributed by atoms with Gasteiger partial charge in [0.2, 0.25) is 0 Å². The molecule has 0 amide bonds. The molecule has 102 heavy (non-hydrogen) atoms. The summed E-state index contributed by atoms with van der Waals surface area (Å²) < 4.78 is 9.86. The van der Waals surface area contributed by atoms with E-state index in [-0.39, 0.29) is 0 Å². The van der Waals surface area contributed by atoms with E-state index in [0.717, 1.165) is 0 Å². The maximum atomic E-state index is 2.33. The Morgan fingerprint density at radius 2 is 0.216 bits per heavy atom. The van der Waals surface area contributed by atoms with Gasteiger partial charge in [0, 0.05) is 0 Å². The molecule has 8 heteroatoms. The fraction of sp³-hybridized carbons (Fsp3) is 0.936. The van der Waals surface area contributed by atoms with Crippen LogP contribution in [0.4, 0.5) is 0 Å². The highest BCUT2D eigenvalue weighted by atomic mass is 32.3. The summed E-state index contributed by atoms with van der Waals surface area (Å²) in [5.74, 6) is 5.20. The molecule has 2 aliphatic rings. The van der Waals surface area contributed by atoms with Crippen molar-refractivity contribution in [2.45, 2.75) is 541 Å². The molecule has 0 N–H and O–H groups in total. The average Bonchev–Trinajstić information content (AvgIpc) is 1.67. The Morgan fingerprint density at radius 1 is 0.127 bits per heavy atom. The van der Waals surface area contributed by atoms with Crippen LogP contribution in [0.2, 0.25) is 0 Å². The SMILES string of the molecule is CCCCCCCCCCCCCCCCCCCCCCSC1=C(SCCCCCCCCCCCCCCCCCCCCCC)SC(=C2SC(SCCCCCCCCCCCCCCCCCCCCCC)=C(SCCCCCCCCCCCCCCCCCCCCCC)S2)S1. The van der Waals surface area contributed by atoms with Crippen LogP contribution >= 0.6 is 94.1 Å². The number of hydrogen-bond acceptors (Lipinski definition) is 8. The standard InChI is InChI=1S/C94H180S8/c1-5-9-13-17-21-25-29-33-37-41-45-49-53-57-61-65-69-73-77-81-85-95-89-90(96-86-82-78-74-70-66-62-58-54-50-46-42-38-34-30-26-22-18-14-10-6-2)100-93(99-89)94-101-91(97-87-83-79-75-71-67-63-59-55-51-47-43-39-35-31-27-23-19-15-11-7-3)92(102-94)98-88-84-80-76-72-68-64-60-56-52-48-44-40-36-32-28-24-20-16-12-8-4/h5-88H2,1-4H3. The van der Waals surface area contributed by atoms with Crippen LogP contribution in [0, 0.1) is 0 Å². The summed E-state index contributed by atoms with van der Waals surface area (Å²) in [6.07, 6.45) is 117. The zero-order valence-corrected chi connectivity index (χ0v) is 76.2. The highest BCUT2D eigenvalue weighted by molar-refractivity contribution is 8.45. The van der Waals surface area contributed by atoms with Gasteiger partial charge in [-0.15, -0.1) is 47.0 Å². The van der Waals surface area contributed by atoms with Gasteiger partial charge in [0.15, 0.2) is 0 Å². The van der Waals surface area contributed by atoms with Gasteiger partial charge < -0.3 is 0 Å². The Labute approximate surface area is 678 Å². The second-order valence-electron chi connectivity index (χ2n) is 32.4. The topological polar surface area (TPSA) is 0 Å². The van der Waals surface area contributed by atoms with Crippen molar-refractivity contribution in [2.75, 3.05) is 23.0 Å². The Bertz CT molecular complexity index is 1510. The largest absolute Gasteiger partial charge is 0.117 e. The average molecular weight is 1570 g/mol. The second kappa shape index (κ2) is 85.4. The van der Waals surface area contributed by atoms with Crippen molar-refractivity contribution < 1.29 is 0 Å². The van der Waals surface area contributed by atoms with Crippen molar-refractivity contribution in [3.8, 4) is 0 Å². The lowest BCUT2D eigenvalue weighted by molar-refractivity contribution is 0.523. The molecule has 604 valence electrons. The van der Waals surface area contributed by atoms with Crippen LogP contribution in [0.1, 0.15) is 541 Å². The van der Waals surface area contributed by atoms with Crippen molar-refractivity contribution in [1.29, 1.82) is 0 Å².